The van der Waals surface area contributed by atoms with Gasteiger partial charge in [-0.2, -0.15) is 0 Å². The van der Waals surface area contributed by atoms with Crippen LogP contribution in [0.1, 0.15) is 186 Å². The Morgan fingerprint density at radius 1 is 0.793 bits per heavy atom. The molecule has 82 heavy (non-hydrogen) atoms. The lowest BCUT2D eigenvalue weighted by Gasteiger charge is -2.68. The number of benzene rings is 1. The van der Waals surface area contributed by atoms with Crippen LogP contribution in [-0.4, -0.2) is 125 Å². The van der Waals surface area contributed by atoms with Crippen molar-refractivity contribution in [3.05, 3.63) is 47.0 Å². The lowest BCUT2D eigenvalue weighted by Crippen LogP contribution is -2.82. The topological polar surface area (TPSA) is 182 Å². The molecule has 466 valence electrons. The van der Waals surface area contributed by atoms with Gasteiger partial charge in [0.1, 0.15) is 30.0 Å². The van der Waals surface area contributed by atoms with Gasteiger partial charge in [-0.15, -0.1) is 0 Å². The zero-order chi connectivity index (χ0) is 61.3. The number of halogens is 2. The van der Waals surface area contributed by atoms with Crippen LogP contribution in [0.5, 0.6) is 0 Å². The predicted molar refractivity (Wildman–Crippen MR) is 339 cm³/mol. The minimum absolute atomic E-state index is 0.0229. The molecule has 3 aliphatic carbocycles. The molecule has 0 aromatic heterocycles. The molecular weight excluding hydrogens is 1220 g/mol. The number of amides is 1. The van der Waals surface area contributed by atoms with Crippen LogP contribution in [-0.2, 0) is 56.2 Å². The summed E-state index contributed by atoms with van der Waals surface area (Å²) in [4.78, 5) is 76.1. The van der Waals surface area contributed by atoms with Crippen molar-refractivity contribution in [2.45, 2.75) is 282 Å². The highest BCUT2D eigenvalue weighted by atomic mass is 79.9. The van der Waals surface area contributed by atoms with E-state index in [1.165, 1.54) is 6.92 Å². The van der Waals surface area contributed by atoms with Crippen LogP contribution >= 0.6 is 31.9 Å². The van der Waals surface area contributed by atoms with Gasteiger partial charge in [-0.25, -0.2) is 4.79 Å². The normalized spacial score (nSPS) is 28.1. The Morgan fingerprint density at radius 2 is 1.33 bits per heavy atom. The van der Waals surface area contributed by atoms with Gasteiger partial charge in [-0.1, -0.05) is 164 Å². The molecule has 1 saturated heterocycles. The monoisotopic (exact) mass is 1330 g/mol. The average Bonchev–Trinajstić information content (AvgIpc) is 1.09. The molecule has 1 amide bonds. The Hall–Kier alpha value is -2.08. The summed E-state index contributed by atoms with van der Waals surface area (Å²) in [5.41, 5.74) is -5.11. The number of ether oxygens (including phenoxy) is 4. The number of Topliss-reactive ketones (excluding diaryl/α,β-unsaturated/α-hetero) is 1. The Labute approximate surface area is 513 Å². The third-order valence-electron chi connectivity index (χ3n) is 20.6. The SMILES string of the molecule is CC[Si](CC)(CC)O[C@H]1C(=O)[C@]2(C)[C@@H](O[Si](CC)(CC)CC)C[C@H]3OC[C@@]3(OC(C)=O)[C@H]2[C@H](OC(=O)CCCCCBr)[C@]2(O)C[C@H](OC(=O)[C@H](O[Si](C)(C)C(C)(C)C)[C@@H](NC(=O)CCCCCCCBr)c3ccccc3)C(C)=C1C2(C)C. The second kappa shape index (κ2) is 29.3. The molecule has 2 N–H and O–H groups in total. The molecule has 1 aromatic rings. The van der Waals surface area contributed by atoms with Gasteiger partial charge in [0.05, 0.1) is 30.1 Å². The zero-order valence-electron chi connectivity index (χ0n) is 53.0. The number of hydrogen-bond acceptors (Lipinski definition) is 13. The fourth-order valence-corrected chi connectivity index (χ4v) is 21.3. The average molecular weight is 1330 g/mol. The van der Waals surface area contributed by atoms with Crippen molar-refractivity contribution < 1.29 is 61.3 Å². The highest BCUT2D eigenvalue weighted by Crippen LogP contribution is 2.65. The quantitative estimate of drug-likeness (QED) is 0.0179. The second-order valence-electron chi connectivity index (χ2n) is 26.4. The fourth-order valence-electron chi connectivity index (χ4n) is 13.6. The number of carbonyl (C=O) groups is 5. The molecule has 11 atom stereocenters. The molecule has 5 rings (SSSR count). The molecule has 0 unspecified atom stereocenters. The Morgan fingerprint density at radius 3 is 1.85 bits per heavy atom. The summed E-state index contributed by atoms with van der Waals surface area (Å²) in [6, 6.07) is 12.8. The Balaban J connectivity index is 1.86. The van der Waals surface area contributed by atoms with Crippen molar-refractivity contribution in [2.24, 2.45) is 16.7 Å². The summed E-state index contributed by atoms with van der Waals surface area (Å²) in [5.74, 6) is -3.73. The summed E-state index contributed by atoms with van der Waals surface area (Å²) in [6.45, 7) is 31.8. The van der Waals surface area contributed by atoms with Gasteiger partial charge < -0.3 is 42.6 Å². The molecule has 2 saturated carbocycles. The van der Waals surface area contributed by atoms with Gasteiger partial charge in [-0.05, 0) is 111 Å². The number of hydrogen-bond donors (Lipinski definition) is 2. The first-order chi connectivity index (χ1) is 38.5. The summed E-state index contributed by atoms with van der Waals surface area (Å²) in [5, 5.41) is 19.3. The second-order valence-corrected chi connectivity index (χ2v) is 42.2. The molecule has 1 aromatic carbocycles. The molecule has 0 radical (unpaired) electrons. The van der Waals surface area contributed by atoms with Crippen LogP contribution in [0.25, 0.3) is 0 Å². The van der Waals surface area contributed by atoms with E-state index in [1.807, 2.05) is 58.0 Å². The lowest BCUT2D eigenvalue weighted by atomic mass is 9.44. The minimum atomic E-state index is -2.88. The summed E-state index contributed by atoms with van der Waals surface area (Å²) in [6.07, 6.45) is -0.0729. The van der Waals surface area contributed by atoms with E-state index in [0.29, 0.717) is 47.7 Å². The van der Waals surface area contributed by atoms with Crippen LogP contribution < -0.4 is 5.32 Å². The van der Waals surface area contributed by atoms with Gasteiger partial charge >= 0.3 is 17.9 Å². The largest absolute Gasteiger partial charge is 0.459 e. The van der Waals surface area contributed by atoms with Crippen molar-refractivity contribution >= 4 is 86.4 Å². The first kappa shape index (κ1) is 70.7. The van der Waals surface area contributed by atoms with Crippen molar-refractivity contribution in [1.82, 2.24) is 5.32 Å². The number of unbranched alkanes of at least 4 members (excludes halogenated alkanes) is 6. The lowest BCUT2D eigenvalue weighted by molar-refractivity contribution is -0.346. The van der Waals surface area contributed by atoms with Crippen molar-refractivity contribution in [2.75, 3.05) is 17.3 Å². The van der Waals surface area contributed by atoms with Gasteiger partial charge in [0.25, 0.3) is 0 Å². The number of carbonyl (C=O) groups excluding carboxylic acids is 5. The number of rotatable bonds is 31. The maximum Gasteiger partial charge on any atom is 0.337 e. The fraction of sp³-hybridized carbons (Fsp3) is 0.794. The van der Waals surface area contributed by atoms with E-state index < -0.39 is 113 Å². The van der Waals surface area contributed by atoms with E-state index in [0.717, 1.165) is 67.3 Å². The van der Waals surface area contributed by atoms with E-state index in [2.05, 4.69) is 113 Å². The number of aliphatic hydroxyl groups is 1. The molecule has 2 bridgehead atoms. The minimum Gasteiger partial charge on any atom is -0.459 e. The van der Waals surface area contributed by atoms with Gasteiger partial charge in [-0.3, -0.25) is 19.2 Å². The molecular formula is C63H105Br2NO13Si3. The maximum atomic E-state index is 17.3. The van der Waals surface area contributed by atoms with Gasteiger partial charge in [0.2, 0.25) is 5.91 Å². The molecule has 14 nitrogen and oxygen atoms in total. The molecule has 19 heteroatoms. The van der Waals surface area contributed by atoms with Gasteiger partial charge in [0.15, 0.2) is 42.4 Å². The number of nitrogens with one attached hydrogen (secondary N) is 1. The number of fused-ring (bicyclic) bond motifs is 5. The number of esters is 3. The summed E-state index contributed by atoms with van der Waals surface area (Å²) >= 11 is 7.04. The number of ketones is 1. The zero-order valence-corrected chi connectivity index (χ0v) is 59.1. The van der Waals surface area contributed by atoms with E-state index in [1.54, 1.807) is 0 Å². The van der Waals surface area contributed by atoms with E-state index >= 15 is 9.59 Å². The highest BCUT2D eigenvalue weighted by molar-refractivity contribution is 9.09. The molecule has 0 spiro atoms. The van der Waals surface area contributed by atoms with E-state index in [4.69, 9.17) is 32.2 Å². The Kier molecular flexibility index (Phi) is 25.2. The van der Waals surface area contributed by atoms with E-state index in [-0.39, 0.29) is 49.0 Å². The van der Waals surface area contributed by atoms with Gasteiger partial charge in [0, 0.05) is 48.7 Å². The maximum absolute atomic E-state index is 17.3. The first-order valence-corrected chi connectivity index (χ1v) is 41.4. The van der Waals surface area contributed by atoms with Crippen molar-refractivity contribution in [3.63, 3.8) is 0 Å². The third-order valence-corrected chi connectivity index (χ3v) is 35.4. The molecule has 1 aliphatic heterocycles. The number of alkyl halides is 2. The molecule has 4 aliphatic rings. The van der Waals surface area contributed by atoms with Crippen LogP contribution in [0, 0.1) is 16.7 Å². The van der Waals surface area contributed by atoms with Crippen LogP contribution in [0.4, 0.5) is 0 Å². The first-order valence-electron chi connectivity index (χ1n) is 31.2. The standard InChI is InChI=1S/C63H105Br2NO13Si3/c1-17-81(18-2,19-3)77-47-40-48-62(42-73-48,76-44(8)67)55-57(75-50(69)37-31-27-33-39-65)63(72)41-46(43(7)51(60(63,12)13)53(56(70)61(47,55)14)79-82(20-4,21-5)22-6)74-58(71)54(78-80(15,16)59(9,10)11)52(45-34-28-26-29-35-45)66-49(68)36-30-24-23-25-32-38-64/h26,28-29,34-35,46-48,52-55,57,72H,17-25,27,30-33,36-42H2,1-16H3,(H,66,68)/t46-,47-,48+,52-,53+,54+,55-,57-,61+,62-,63+/m0/s1. The van der Waals surface area contributed by atoms with Crippen molar-refractivity contribution in [3.8, 4) is 0 Å². The summed E-state index contributed by atoms with van der Waals surface area (Å²) in [7, 11) is -8.26. The highest BCUT2D eigenvalue weighted by Gasteiger charge is 2.79. The molecule has 3 fully saturated rings. The van der Waals surface area contributed by atoms with Crippen molar-refractivity contribution in [1.29, 1.82) is 0 Å². The Bertz CT molecular complexity index is 2340. The smallest absolute Gasteiger partial charge is 0.337 e. The predicted octanol–water partition coefficient (Wildman–Crippen LogP) is 14.3. The van der Waals surface area contributed by atoms with Crippen LogP contribution in [0.15, 0.2) is 41.5 Å². The summed E-state index contributed by atoms with van der Waals surface area (Å²) < 4.78 is 49.5. The molecule has 1 heterocycles. The third kappa shape index (κ3) is 14.7. The van der Waals surface area contributed by atoms with E-state index in [9.17, 15) is 19.5 Å². The van der Waals surface area contributed by atoms with Crippen LogP contribution in [0.3, 0.4) is 0 Å². The van der Waals surface area contributed by atoms with Crippen LogP contribution in [0.2, 0.25) is 54.4 Å².